The largest absolute Gasteiger partial charge is 0.354 e. The van der Waals surface area contributed by atoms with Crippen molar-refractivity contribution >= 4 is 5.91 Å². The summed E-state index contributed by atoms with van der Waals surface area (Å²) < 4.78 is 15.0. The summed E-state index contributed by atoms with van der Waals surface area (Å²) >= 11 is 0. The van der Waals surface area contributed by atoms with Gasteiger partial charge >= 0.3 is 0 Å². The van der Waals surface area contributed by atoms with Crippen molar-refractivity contribution in [3.8, 4) is 5.69 Å². The van der Waals surface area contributed by atoms with Crippen LogP contribution in [0.2, 0.25) is 0 Å². The Kier molecular flexibility index (Phi) is 4.14. The maximum Gasteiger partial charge on any atom is 0.271 e. The number of halogens is 1. The van der Waals surface area contributed by atoms with E-state index < -0.39 is 0 Å². The van der Waals surface area contributed by atoms with Gasteiger partial charge in [0.15, 0.2) is 5.69 Å². The third kappa shape index (κ3) is 2.70. The molecule has 0 aliphatic rings. The van der Waals surface area contributed by atoms with E-state index >= 15 is 0 Å². The van der Waals surface area contributed by atoms with E-state index in [2.05, 4.69) is 15.7 Å². The molecule has 0 fully saturated rings. The molecule has 0 aliphatic carbocycles. The van der Waals surface area contributed by atoms with Crippen LogP contribution < -0.4 is 10.6 Å². The summed E-state index contributed by atoms with van der Waals surface area (Å²) in [7, 11) is 3.35. The number of benzene rings is 1. The van der Waals surface area contributed by atoms with E-state index in [1.165, 1.54) is 12.1 Å². The summed E-state index contributed by atoms with van der Waals surface area (Å²) in [6.07, 6.45) is 1.68. The fourth-order valence-electron chi connectivity index (χ4n) is 1.94. The molecule has 1 atom stereocenters. The predicted octanol–water partition coefficient (Wildman–Crippen LogP) is 1.65. The minimum atomic E-state index is -0.301. The SMILES string of the molecule is CNC(=O)c1ccn(-c2ccc(F)cc2C(C)NC)n1. The maximum absolute atomic E-state index is 13.4. The molecule has 2 aromatic rings. The molecule has 20 heavy (non-hydrogen) atoms. The van der Waals surface area contributed by atoms with Crippen molar-refractivity contribution in [2.45, 2.75) is 13.0 Å². The zero-order valence-electron chi connectivity index (χ0n) is 11.6. The number of carbonyl (C=O) groups is 1. The number of rotatable bonds is 4. The summed E-state index contributed by atoms with van der Waals surface area (Å²) in [4.78, 5) is 11.5. The smallest absolute Gasteiger partial charge is 0.271 e. The van der Waals surface area contributed by atoms with Crippen LogP contribution in [0.3, 0.4) is 0 Å². The quantitative estimate of drug-likeness (QED) is 0.892. The average Bonchev–Trinajstić information content (AvgIpc) is 2.95. The molecular weight excluding hydrogens is 259 g/mol. The highest BCUT2D eigenvalue weighted by Gasteiger charge is 2.14. The van der Waals surface area contributed by atoms with Crippen LogP contribution in [0.5, 0.6) is 0 Å². The van der Waals surface area contributed by atoms with Gasteiger partial charge in [-0.25, -0.2) is 9.07 Å². The zero-order chi connectivity index (χ0) is 14.7. The Hall–Kier alpha value is -2.21. The van der Waals surface area contributed by atoms with E-state index in [0.29, 0.717) is 5.69 Å². The van der Waals surface area contributed by atoms with Gasteiger partial charge in [-0.15, -0.1) is 0 Å². The Labute approximate surface area is 116 Å². The molecule has 1 heterocycles. The second-order valence-corrected chi connectivity index (χ2v) is 4.44. The molecule has 1 unspecified atom stereocenters. The summed E-state index contributed by atoms with van der Waals surface area (Å²) in [6.45, 7) is 1.93. The number of aromatic nitrogens is 2. The molecule has 5 nitrogen and oxygen atoms in total. The minimum Gasteiger partial charge on any atom is -0.354 e. The first-order valence-corrected chi connectivity index (χ1v) is 6.31. The number of nitrogens with zero attached hydrogens (tertiary/aromatic N) is 2. The summed E-state index contributed by atoms with van der Waals surface area (Å²) in [5.74, 6) is -0.557. The van der Waals surface area contributed by atoms with Gasteiger partial charge in [0.1, 0.15) is 5.82 Å². The lowest BCUT2D eigenvalue weighted by molar-refractivity contribution is 0.0957. The molecule has 0 aliphatic heterocycles. The minimum absolute atomic E-state index is 0.0339. The topological polar surface area (TPSA) is 59.0 Å². The molecule has 106 valence electrons. The number of carbonyl (C=O) groups excluding carboxylic acids is 1. The van der Waals surface area contributed by atoms with E-state index in [-0.39, 0.29) is 17.8 Å². The highest BCUT2D eigenvalue weighted by molar-refractivity contribution is 5.91. The maximum atomic E-state index is 13.4. The number of hydrogen-bond acceptors (Lipinski definition) is 3. The Balaban J connectivity index is 2.46. The van der Waals surface area contributed by atoms with Crippen LogP contribution in [0.25, 0.3) is 5.69 Å². The molecule has 2 rings (SSSR count). The first kappa shape index (κ1) is 14.2. The van der Waals surface area contributed by atoms with Crippen LogP contribution in [0, 0.1) is 5.82 Å². The van der Waals surface area contributed by atoms with Crippen molar-refractivity contribution < 1.29 is 9.18 Å². The predicted molar refractivity (Wildman–Crippen MR) is 74.4 cm³/mol. The van der Waals surface area contributed by atoms with Crippen molar-refractivity contribution in [3.63, 3.8) is 0 Å². The van der Waals surface area contributed by atoms with Gasteiger partial charge in [0.05, 0.1) is 5.69 Å². The third-order valence-corrected chi connectivity index (χ3v) is 3.18. The molecule has 1 aromatic heterocycles. The first-order valence-electron chi connectivity index (χ1n) is 6.31. The normalized spacial score (nSPS) is 12.2. The Morgan fingerprint density at radius 3 is 2.75 bits per heavy atom. The van der Waals surface area contributed by atoms with Crippen LogP contribution in [-0.2, 0) is 0 Å². The van der Waals surface area contributed by atoms with Crippen LogP contribution >= 0.6 is 0 Å². The molecule has 0 spiro atoms. The molecule has 0 bridgehead atoms. The Morgan fingerprint density at radius 2 is 2.10 bits per heavy atom. The van der Waals surface area contributed by atoms with E-state index in [9.17, 15) is 9.18 Å². The van der Waals surface area contributed by atoms with Gasteiger partial charge in [-0.2, -0.15) is 5.10 Å². The van der Waals surface area contributed by atoms with Crippen LogP contribution in [0.4, 0.5) is 4.39 Å². The van der Waals surface area contributed by atoms with Crippen LogP contribution in [-0.4, -0.2) is 29.8 Å². The fourth-order valence-corrected chi connectivity index (χ4v) is 1.94. The standard InChI is InChI=1S/C14H17FN4O/c1-9(16-2)11-8-10(15)4-5-13(11)19-7-6-12(18-19)14(20)17-3/h4-9,16H,1-3H3,(H,17,20). The fraction of sp³-hybridized carbons (Fsp3) is 0.286. The van der Waals surface area contributed by atoms with Gasteiger partial charge in [0, 0.05) is 19.3 Å². The Morgan fingerprint density at radius 1 is 1.35 bits per heavy atom. The number of nitrogens with one attached hydrogen (secondary N) is 2. The van der Waals surface area contributed by atoms with E-state index in [1.54, 1.807) is 37.1 Å². The van der Waals surface area contributed by atoms with E-state index in [1.807, 2.05) is 6.92 Å². The zero-order valence-corrected chi connectivity index (χ0v) is 11.6. The lowest BCUT2D eigenvalue weighted by Gasteiger charge is -2.15. The highest BCUT2D eigenvalue weighted by atomic mass is 19.1. The van der Waals surface area contributed by atoms with Crippen molar-refractivity contribution in [2.24, 2.45) is 0 Å². The molecule has 1 amide bonds. The van der Waals surface area contributed by atoms with Crippen LogP contribution in [0.1, 0.15) is 29.0 Å². The van der Waals surface area contributed by atoms with Gasteiger partial charge in [-0.3, -0.25) is 4.79 Å². The van der Waals surface area contributed by atoms with E-state index in [4.69, 9.17) is 0 Å². The van der Waals surface area contributed by atoms with E-state index in [0.717, 1.165) is 11.3 Å². The summed E-state index contributed by atoms with van der Waals surface area (Å²) in [5.41, 5.74) is 1.84. The molecule has 6 heteroatoms. The van der Waals surface area contributed by atoms with Crippen molar-refractivity contribution in [3.05, 3.63) is 47.5 Å². The summed E-state index contributed by atoms with van der Waals surface area (Å²) in [5, 5.41) is 9.80. The molecular formula is C14H17FN4O. The number of amides is 1. The van der Waals surface area contributed by atoms with Gasteiger partial charge in [0.2, 0.25) is 0 Å². The second-order valence-electron chi connectivity index (χ2n) is 4.44. The molecule has 2 N–H and O–H groups in total. The van der Waals surface area contributed by atoms with Crippen molar-refractivity contribution in [1.82, 2.24) is 20.4 Å². The monoisotopic (exact) mass is 276 g/mol. The van der Waals surface area contributed by atoms with Crippen molar-refractivity contribution in [1.29, 1.82) is 0 Å². The molecule has 1 aromatic carbocycles. The van der Waals surface area contributed by atoms with Crippen molar-refractivity contribution in [2.75, 3.05) is 14.1 Å². The van der Waals surface area contributed by atoms with Gasteiger partial charge in [0.25, 0.3) is 5.91 Å². The molecule has 0 saturated carbocycles. The van der Waals surface area contributed by atoms with Gasteiger partial charge < -0.3 is 10.6 Å². The molecule has 0 radical (unpaired) electrons. The third-order valence-electron chi connectivity index (χ3n) is 3.18. The lowest BCUT2D eigenvalue weighted by Crippen LogP contribution is -2.19. The lowest BCUT2D eigenvalue weighted by atomic mass is 10.1. The van der Waals surface area contributed by atoms with Gasteiger partial charge in [-0.1, -0.05) is 0 Å². The molecule has 0 saturated heterocycles. The highest BCUT2D eigenvalue weighted by Crippen LogP contribution is 2.22. The average molecular weight is 276 g/mol. The second kappa shape index (κ2) is 5.83. The Bertz CT molecular complexity index is 623. The number of hydrogen-bond donors (Lipinski definition) is 2. The first-order chi connectivity index (χ1) is 9.56. The summed E-state index contributed by atoms with van der Waals surface area (Å²) in [6, 6.07) is 6.09. The van der Waals surface area contributed by atoms with Gasteiger partial charge in [-0.05, 0) is 43.8 Å². The van der Waals surface area contributed by atoms with Crippen LogP contribution in [0.15, 0.2) is 30.5 Å².